The molecule has 0 aliphatic heterocycles. The Bertz CT molecular complexity index is 1100. The Morgan fingerprint density at radius 2 is 1.81 bits per heavy atom. The molecule has 2 amide bonds. The van der Waals surface area contributed by atoms with Gasteiger partial charge in [-0.1, -0.05) is 48.0 Å². The van der Waals surface area contributed by atoms with E-state index in [1.54, 1.807) is 6.21 Å². The van der Waals surface area contributed by atoms with Crippen molar-refractivity contribution in [3.63, 3.8) is 0 Å². The number of nitrogens with zero attached hydrogens (tertiary/aromatic N) is 1. The van der Waals surface area contributed by atoms with E-state index in [0.717, 1.165) is 25.9 Å². The van der Waals surface area contributed by atoms with E-state index in [2.05, 4.69) is 69.6 Å². The summed E-state index contributed by atoms with van der Waals surface area (Å²) < 4.78 is 12.8. The first-order valence-corrected chi connectivity index (χ1v) is 11.3. The highest BCUT2D eigenvalue weighted by molar-refractivity contribution is 14.1. The predicted molar refractivity (Wildman–Crippen MR) is 137 cm³/mol. The number of halogens is 1. The van der Waals surface area contributed by atoms with Crippen molar-refractivity contribution in [1.82, 2.24) is 5.43 Å². The zero-order valence-corrected chi connectivity index (χ0v) is 20.5. The molecule has 0 spiro atoms. The van der Waals surface area contributed by atoms with E-state index in [0.29, 0.717) is 24.7 Å². The molecule has 3 aromatic rings. The topological polar surface area (TPSA) is 72.0 Å². The van der Waals surface area contributed by atoms with Crippen LogP contribution in [0.4, 0.5) is 10.5 Å². The minimum absolute atomic E-state index is 0.409. The van der Waals surface area contributed by atoms with Gasteiger partial charge in [0.1, 0.15) is 6.61 Å². The molecule has 0 aliphatic carbocycles. The fraction of sp³-hybridized carbons (Fsp3) is 0.200. The third-order valence-corrected chi connectivity index (χ3v) is 5.41. The first-order chi connectivity index (χ1) is 15.5. The Morgan fingerprint density at radius 1 is 1.06 bits per heavy atom. The van der Waals surface area contributed by atoms with Gasteiger partial charge in [-0.05, 0) is 78.3 Å². The summed E-state index contributed by atoms with van der Waals surface area (Å²) in [6, 6.07) is 19.2. The van der Waals surface area contributed by atoms with Gasteiger partial charge in [-0.15, -0.1) is 0 Å². The molecule has 166 valence electrons. The first-order valence-electron chi connectivity index (χ1n) is 10.3. The van der Waals surface area contributed by atoms with Crippen molar-refractivity contribution in [2.45, 2.75) is 27.4 Å². The van der Waals surface area contributed by atoms with Crippen LogP contribution in [0.15, 0.2) is 65.8 Å². The minimum atomic E-state index is -0.409. The molecular weight excluding hydrogens is 517 g/mol. The van der Waals surface area contributed by atoms with Crippen LogP contribution >= 0.6 is 22.6 Å². The van der Waals surface area contributed by atoms with Gasteiger partial charge in [-0.2, -0.15) is 5.10 Å². The molecule has 0 radical (unpaired) electrons. The molecule has 0 heterocycles. The summed E-state index contributed by atoms with van der Waals surface area (Å²) in [5, 5.41) is 6.83. The number of urea groups is 1. The monoisotopic (exact) mass is 543 g/mol. The third-order valence-electron chi connectivity index (χ3n) is 4.61. The van der Waals surface area contributed by atoms with Crippen molar-refractivity contribution in [1.29, 1.82) is 0 Å². The number of hydrazone groups is 1. The molecule has 7 heteroatoms. The van der Waals surface area contributed by atoms with Crippen LogP contribution in [0.5, 0.6) is 11.5 Å². The summed E-state index contributed by atoms with van der Waals surface area (Å²) in [6.07, 6.45) is 1.58. The van der Waals surface area contributed by atoms with Gasteiger partial charge in [-0.25, -0.2) is 10.2 Å². The highest BCUT2D eigenvalue weighted by Crippen LogP contribution is 2.34. The Hall–Kier alpha value is -3.07. The summed E-state index contributed by atoms with van der Waals surface area (Å²) in [4.78, 5) is 12.1. The highest BCUT2D eigenvalue weighted by Gasteiger charge is 2.12. The number of nitrogens with one attached hydrogen (secondary N) is 2. The molecule has 3 rings (SSSR count). The maximum Gasteiger partial charge on any atom is 0.339 e. The number of aryl methyl sites for hydroxylation is 2. The lowest BCUT2D eigenvalue weighted by Gasteiger charge is -2.15. The number of rotatable bonds is 8. The summed E-state index contributed by atoms with van der Waals surface area (Å²) in [5.41, 5.74) is 7.29. The van der Waals surface area contributed by atoms with E-state index < -0.39 is 6.03 Å². The molecule has 0 unspecified atom stereocenters. The average Bonchev–Trinajstić information content (AvgIpc) is 2.76. The third kappa shape index (κ3) is 6.71. The molecular formula is C25H26IN3O3. The second-order valence-electron chi connectivity index (χ2n) is 7.18. The van der Waals surface area contributed by atoms with Gasteiger partial charge in [0.15, 0.2) is 11.5 Å². The van der Waals surface area contributed by atoms with Crippen molar-refractivity contribution in [2.24, 2.45) is 5.10 Å². The number of benzene rings is 3. The molecule has 0 atom stereocenters. The Morgan fingerprint density at radius 3 is 2.53 bits per heavy atom. The second kappa shape index (κ2) is 11.5. The summed E-state index contributed by atoms with van der Waals surface area (Å²) >= 11 is 2.22. The van der Waals surface area contributed by atoms with Crippen molar-refractivity contribution in [3.8, 4) is 11.5 Å². The number of para-hydroxylation sites is 1. The van der Waals surface area contributed by atoms with Gasteiger partial charge in [0, 0.05) is 5.69 Å². The number of hydrogen-bond acceptors (Lipinski definition) is 4. The van der Waals surface area contributed by atoms with E-state index in [-0.39, 0.29) is 0 Å². The molecule has 0 aliphatic rings. The quantitative estimate of drug-likeness (QED) is 0.207. The molecule has 6 nitrogen and oxygen atoms in total. The second-order valence-corrected chi connectivity index (χ2v) is 8.34. The molecule has 2 N–H and O–H groups in total. The van der Waals surface area contributed by atoms with Gasteiger partial charge in [0.2, 0.25) is 0 Å². The number of hydrogen-bond donors (Lipinski definition) is 2. The van der Waals surface area contributed by atoms with E-state index in [4.69, 9.17) is 9.47 Å². The zero-order chi connectivity index (χ0) is 22.9. The summed E-state index contributed by atoms with van der Waals surface area (Å²) in [7, 11) is 0. The standard InChI is InChI=1S/C25H26IN3O3/c1-4-31-23-14-20(15-27-29-25(30)28-22-8-6-5-7-18(22)3)13-21(26)24(23)32-16-19-11-9-17(2)10-12-19/h5-15H,4,16H2,1-3H3,(H2,28,29,30). The molecule has 3 aromatic carbocycles. The Kier molecular flexibility index (Phi) is 8.49. The van der Waals surface area contributed by atoms with Crippen LogP contribution in [0.25, 0.3) is 0 Å². The van der Waals surface area contributed by atoms with Gasteiger partial charge >= 0.3 is 6.03 Å². The van der Waals surface area contributed by atoms with Crippen LogP contribution in [-0.4, -0.2) is 18.9 Å². The van der Waals surface area contributed by atoms with Crippen LogP contribution in [0.1, 0.15) is 29.2 Å². The van der Waals surface area contributed by atoms with Crippen LogP contribution in [0, 0.1) is 17.4 Å². The van der Waals surface area contributed by atoms with Crippen LogP contribution in [0.2, 0.25) is 0 Å². The molecule has 0 bridgehead atoms. The fourth-order valence-corrected chi connectivity index (χ4v) is 3.72. The normalized spacial score (nSPS) is 10.8. The Labute approximate surface area is 202 Å². The maximum atomic E-state index is 12.1. The van der Waals surface area contributed by atoms with Crippen molar-refractivity contribution >= 4 is 40.5 Å². The largest absolute Gasteiger partial charge is 0.490 e. The van der Waals surface area contributed by atoms with Crippen molar-refractivity contribution in [3.05, 3.63) is 86.5 Å². The lowest BCUT2D eigenvalue weighted by atomic mass is 10.2. The van der Waals surface area contributed by atoms with Gasteiger partial charge < -0.3 is 14.8 Å². The molecule has 32 heavy (non-hydrogen) atoms. The first kappa shape index (κ1) is 23.6. The van der Waals surface area contributed by atoms with Gasteiger partial charge in [-0.3, -0.25) is 0 Å². The Balaban J connectivity index is 1.67. The molecule has 0 saturated heterocycles. The lowest BCUT2D eigenvalue weighted by Crippen LogP contribution is -2.24. The zero-order valence-electron chi connectivity index (χ0n) is 18.3. The van der Waals surface area contributed by atoms with E-state index >= 15 is 0 Å². The van der Waals surface area contributed by atoms with Crippen molar-refractivity contribution < 1.29 is 14.3 Å². The predicted octanol–water partition coefficient (Wildman–Crippen LogP) is 6.04. The lowest BCUT2D eigenvalue weighted by molar-refractivity contribution is 0.252. The number of amides is 2. The fourth-order valence-electron chi connectivity index (χ4n) is 2.93. The number of anilines is 1. The van der Waals surface area contributed by atoms with Crippen molar-refractivity contribution in [2.75, 3.05) is 11.9 Å². The molecule has 0 fully saturated rings. The minimum Gasteiger partial charge on any atom is -0.490 e. The SMILES string of the molecule is CCOc1cc(C=NNC(=O)Nc2ccccc2C)cc(I)c1OCc1ccc(C)cc1. The number of ether oxygens (including phenoxy) is 2. The summed E-state index contributed by atoms with van der Waals surface area (Å²) in [5.74, 6) is 1.33. The van der Waals surface area contributed by atoms with E-state index in [1.165, 1.54) is 5.56 Å². The smallest absolute Gasteiger partial charge is 0.339 e. The van der Waals surface area contributed by atoms with E-state index in [9.17, 15) is 4.79 Å². The van der Waals surface area contributed by atoms with Gasteiger partial charge in [0.05, 0.1) is 16.4 Å². The number of carbonyl (C=O) groups excluding carboxylic acids is 1. The highest BCUT2D eigenvalue weighted by atomic mass is 127. The summed E-state index contributed by atoms with van der Waals surface area (Å²) in [6.45, 7) is 6.87. The maximum absolute atomic E-state index is 12.1. The van der Waals surface area contributed by atoms with E-state index in [1.807, 2.05) is 50.2 Å². The van der Waals surface area contributed by atoms with Crippen LogP contribution in [-0.2, 0) is 6.61 Å². The number of carbonyl (C=O) groups is 1. The molecule has 0 aromatic heterocycles. The van der Waals surface area contributed by atoms with Crippen LogP contribution in [0.3, 0.4) is 0 Å². The van der Waals surface area contributed by atoms with Gasteiger partial charge in [0.25, 0.3) is 0 Å². The molecule has 0 saturated carbocycles. The average molecular weight is 543 g/mol. The van der Waals surface area contributed by atoms with Crippen LogP contribution < -0.4 is 20.2 Å².